The van der Waals surface area contributed by atoms with Crippen LogP contribution >= 0.6 is 11.6 Å². The molecule has 2 aromatic rings. The molecule has 2 saturated heterocycles. The molecule has 3 aliphatic heterocycles. The van der Waals surface area contributed by atoms with E-state index in [-0.39, 0.29) is 6.04 Å². The van der Waals surface area contributed by atoms with Crippen LogP contribution in [0.15, 0.2) is 18.2 Å². The highest BCUT2D eigenvalue weighted by atomic mass is 35.5. The molecule has 2 atom stereocenters. The number of hydrogen-bond acceptors (Lipinski definition) is 8. The maximum absolute atomic E-state index is 9.28. The molecule has 4 aliphatic rings. The van der Waals surface area contributed by atoms with Crippen LogP contribution in [0.2, 0.25) is 5.02 Å². The minimum absolute atomic E-state index is 0.179. The number of nitriles is 1. The van der Waals surface area contributed by atoms with Crippen molar-refractivity contribution in [3.8, 4) is 6.07 Å². The number of benzene rings is 1. The van der Waals surface area contributed by atoms with E-state index in [1.807, 2.05) is 6.07 Å². The third-order valence-corrected chi connectivity index (χ3v) is 8.93. The van der Waals surface area contributed by atoms with Gasteiger partial charge in [0.05, 0.1) is 28.9 Å². The molecule has 1 aliphatic carbocycles. The van der Waals surface area contributed by atoms with Gasteiger partial charge in [-0.3, -0.25) is 0 Å². The fourth-order valence-corrected chi connectivity index (χ4v) is 6.75. The van der Waals surface area contributed by atoms with Gasteiger partial charge in [0.2, 0.25) is 5.95 Å². The summed E-state index contributed by atoms with van der Waals surface area (Å²) in [5, 5.41) is 13.6. The van der Waals surface area contributed by atoms with Crippen molar-refractivity contribution < 1.29 is 0 Å². The van der Waals surface area contributed by atoms with E-state index in [1.54, 1.807) is 0 Å². The molecule has 1 N–H and O–H groups in total. The van der Waals surface area contributed by atoms with Crippen LogP contribution < -0.4 is 20.0 Å². The van der Waals surface area contributed by atoms with Crippen LogP contribution in [-0.2, 0) is 19.3 Å². The molecular formula is C28H37ClN8. The monoisotopic (exact) mass is 520 g/mol. The van der Waals surface area contributed by atoms with Crippen LogP contribution in [0.5, 0.6) is 0 Å². The molecule has 1 aromatic carbocycles. The van der Waals surface area contributed by atoms with E-state index < -0.39 is 0 Å². The predicted molar refractivity (Wildman–Crippen MR) is 149 cm³/mol. The largest absolute Gasteiger partial charge is 0.367 e. The molecule has 37 heavy (non-hydrogen) atoms. The molecule has 2 fully saturated rings. The van der Waals surface area contributed by atoms with Gasteiger partial charge in [0.15, 0.2) is 0 Å². The summed E-state index contributed by atoms with van der Waals surface area (Å²) in [6.07, 6.45) is 5.75. The molecule has 0 spiro atoms. The SMILES string of the molecule is CN(C)C1CN(c2nc3c(c(N4CCN[C@@H](CC#N)C4)n2)CCC(N2CCCc4cccc(Cl)c42)C3)C1. The zero-order chi connectivity index (χ0) is 25.5. The highest BCUT2D eigenvalue weighted by Gasteiger charge is 2.36. The van der Waals surface area contributed by atoms with Gasteiger partial charge in [-0.15, -0.1) is 0 Å². The molecule has 196 valence electrons. The van der Waals surface area contributed by atoms with Crippen molar-refractivity contribution in [3.05, 3.63) is 40.0 Å². The summed E-state index contributed by atoms with van der Waals surface area (Å²) in [5.74, 6) is 1.95. The third kappa shape index (κ3) is 4.73. The number of nitrogens with zero attached hydrogens (tertiary/aromatic N) is 7. The molecule has 0 radical (unpaired) electrons. The van der Waals surface area contributed by atoms with Crippen LogP contribution in [0, 0.1) is 11.3 Å². The standard InChI is InChI=1S/C28H37ClN8/c1-34(2)22-17-36(18-22)28-32-25-15-21(37-13-4-6-19-5-3-7-24(29)26(19)37)8-9-23(25)27(33-28)35-14-12-31-20(16-35)10-11-30/h3,5,7,20-22,31H,4,6,8-10,12-18H2,1-2H3/t20-,21?/m0/s1. The first-order valence-corrected chi connectivity index (χ1v) is 14.1. The molecule has 4 heterocycles. The fourth-order valence-electron chi connectivity index (χ4n) is 6.44. The molecule has 0 amide bonds. The molecule has 0 bridgehead atoms. The van der Waals surface area contributed by atoms with Crippen LogP contribution in [0.4, 0.5) is 17.5 Å². The summed E-state index contributed by atoms with van der Waals surface area (Å²) >= 11 is 6.74. The second kappa shape index (κ2) is 10.3. The van der Waals surface area contributed by atoms with E-state index in [0.717, 1.165) is 88.2 Å². The van der Waals surface area contributed by atoms with E-state index in [1.165, 1.54) is 22.5 Å². The summed E-state index contributed by atoms with van der Waals surface area (Å²) in [6, 6.07) is 9.79. The molecule has 8 nitrogen and oxygen atoms in total. The van der Waals surface area contributed by atoms with Gasteiger partial charge in [0.25, 0.3) is 0 Å². The molecule has 1 unspecified atom stereocenters. The van der Waals surface area contributed by atoms with Crippen molar-refractivity contribution in [2.75, 3.05) is 68.1 Å². The average Bonchev–Trinajstić information content (AvgIpc) is 2.87. The molecular weight excluding hydrogens is 484 g/mol. The van der Waals surface area contributed by atoms with Gasteiger partial charge in [0.1, 0.15) is 5.82 Å². The van der Waals surface area contributed by atoms with Gasteiger partial charge >= 0.3 is 0 Å². The summed E-state index contributed by atoms with van der Waals surface area (Å²) < 4.78 is 0. The van der Waals surface area contributed by atoms with Gasteiger partial charge in [-0.1, -0.05) is 23.7 Å². The third-order valence-electron chi connectivity index (χ3n) is 8.63. The van der Waals surface area contributed by atoms with Gasteiger partial charge in [-0.25, -0.2) is 4.98 Å². The minimum Gasteiger partial charge on any atom is -0.367 e. The summed E-state index contributed by atoms with van der Waals surface area (Å²) in [4.78, 5) is 20.0. The van der Waals surface area contributed by atoms with Crippen LogP contribution in [0.1, 0.15) is 36.1 Å². The minimum atomic E-state index is 0.179. The lowest BCUT2D eigenvalue weighted by Gasteiger charge is -2.44. The Bertz CT molecular complexity index is 1190. The number of nitrogens with one attached hydrogen (secondary N) is 1. The Hall–Kier alpha value is -2.60. The van der Waals surface area contributed by atoms with Crippen molar-refractivity contribution in [2.24, 2.45) is 0 Å². The van der Waals surface area contributed by atoms with E-state index in [2.05, 4.69) is 57.2 Å². The lowest BCUT2D eigenvalue weighted by atomic mass is 9.88. The van der Waals surface area contributed by atoms with Gasteiger partial charge in [-0.2, -0.15) is 10.2 Å². The lowest BCUT2D eigenvalue weighted by Crippen LogP contribution is -2.58. The first-order valence-electron chi connectivity index (χ1n) is 13.7. The van der Waals surface area contributed by atoms with E-state index >= 15 is 0 Å². The Kier molecular flexibility index (Phi) is 6.87. The van der Waals surface area contributed by atoms with Gasteiger partial charge < -0.3 is 24.9 Å². The van der Waals surface area contributed by atoms with Crippen LogP contribution in [0.25, 0.3) is 0 Å². The topological polar surface area (TPSA) is 74.6 Å². The van der Waals surface area contributed by atoms with Crippen molar-refractivity contribution >= 4 is 29.1 Å². The Balaban J connectivity index is 1.32. The van der Waals surface area contributed by atoms with Crippen molar-refractivity contribution in [3.63, 3.8) is 0 Å². The number of fused-ring (bicyclic) bond motifs is 2. The average molecular weight is 521 g/mol. The number of aryl methyl sites for hydroxylation is 1. The number of rotatable bonds is 5. The van der Waals surface area contributed by atoms with Gasteiger partial charge in [0, 0.05) is 69.4 Å². The Morgan fingerprint density at radius 1 is 1.14 bits per heavy atom. The number of hydrogen-bond donors (Lipinski definition) is 1. The van der Waals surface area contributed by atoms with E-state index in [4.69, 9.17) is 21.6 Å². The zero-order valence-corrected chi connectivity index (χ0v) is 22.7. The molecule has 1 aromatic heterocycles. The summed E-state index contributed by atoms with van der Waals surface area (Å²) in [5.41, 5.74) is 5.10. The summed E-state index contributed by atoms with van der Waals surface area (Å²) in [6.45, 7) is 5.56. The predicted octanol–water partition coefficient (Wildman–Crippen LogP) is 2.88. The van der Waals surface area contributed by atoms with Crippen molar-refractivity contribution in [1.82, 2.24) is 20.2 Å². The van der Waals surface area contributed by atoms with Gasteiger partial charge in [-0.05, 0) is 51.4 Å². The normalized spacial score (nSPS) is 23.9. The van der Waals surface area contributed by atoms with Crippen molar-refractivity contribution in [1.29, 1.82) is 5.26 Å². The highest BCUT2D eigenvalue weighted by Crippen LogP contribution is 2.40. The summed E-state index contributed by atoms with van der Waals surface area (Å²) in [7, 11) is 4.28. The Labute approximate surface area is 225 Å². The number of aromatic nitrogens is 2. The maximum atomic E-state index is 9.28. The molecule has 9 heteroatoms. The quantitative estimate of drug-likeness (QED) is 0.645. The first kappa shape index (κ1) is 24.7. The zero-order valence-electron chi connectivity index (χ0n) is 22.0. The smallest absolute Gasteiger partial charge is 0.227 e. The Morgan fingerprint density at radius 3 is 2.81 bits per heavy atom. The second-order valence-electron chi connectivity index (χ2n) is 11.2. The van der Waals surface area contributed by atoms with Crippen LogP contribution in [-0.4, -0.2) is 86.4 Å². The molecule has 6 rings (SSSR count). The highest BCUT2D eigenvalue weighted by molar-refractivity contribution is 6.33. The van der Waals surface area contributed by atoms with E-state index in [0.29, 0.717) is 18.5 Å². The number of likely N-dealkylation sites (N-methyl/N-ethyl adjacent to an activating group) is 1. The lowest BCUT2D eigenvalue weighted by molar-refractivity contribution is 0.245. The second-order valence-corrected chi connectivity index (χ2v) is 11.6. The fraction of sp³-hybridized carbons (Fsp3) is 0.607. The maximum Gasteiger partial charge on any atom is 0.227 e. The van der Waals surface area contributed by atoms with E-state index in [9.17, 15) is 5.26 Å². The number of halogens is 1. The number of piperazine rings is 1. The van der Waals surface area contributed by atoms with Crippen LogP contribution in [0.3, 0.4) is 0 Å². The Morgan fingerprint density at radius 2 is 2.00 bits per heavy atom. The van der Waals surface area contributed by atoms with Crippen molar-refractivity contribution in [2.45, 2.75) is 56.7 Å². The number of para-hydroxylation sites is 1. The number of anilines is 3. The molecule has 0 saturated carbocycles. The first-order chi connectivity index (χ1) is 18.0.